The molecule has 2 aromatic carbocycles. The van der Waals surface area contributed by atoms with E-state index in [9.17, 15) is 24.1 Å². The van der Waals surface area contributed by atoms with Gasteiger partial charge in [-0.15, -0.1) is 11.3 Å². The van der Waals surface area contributed by atoms with E-state index in [1.807, 2.05) is 0 Å². The number of nitro benzene ring substituents is 1. The Balaban J connectivity index is 1.66. The monoisotopic (exact) mass is 422 g/mol. The first-order chi connectivity index (χ1) is 13.3. The number of rotatable bonds is 5. The van der Waals surface area contributed by atoms with Crippen molar-refractivity contribution in [2.75, 3.05) is 11.9 Å². The third kappa shape index (κ3) is 4.10. The van der Waals surface area contributed by atoms with E-state index in [1.165, 1.54) is 36.4 Å². The van der Waals surface area contributed by atoms with Crippen LogP contribution in [0.1, 0.15) is 15.2 Å². The zero-order chi connectivity index (χ0) is 20.4. The van der Waals surface area contributed by atoms with Crippen molar-refractivity contribution in [1.82, 2.24) is 0 Å². The number of carbonyl (C=O) groups excluding carboxylic acids is 2. The van der Waals surface area contributed by atoms with Crippen LogP contribution < -0.4 is 5.32 Å². The van der Waals surface area contributed by atoms with Crippen LogP contribution in [0.2, 0.25) is 5.02 Å². The summed E-state index contributed by atoms with van der Waals surface area (Å²) in [4.78, 5) is 34.6. The van der Waals surface area contributed by atoms with Gasteiger partial charge in [-0.25, -0.2) is 9.18 Å². The van der Waals surface area contributed by atoms with E-state index in [-0.39, 0.29) is 21.3 Å². The summed E-state index contributed by atoms with van der Waals surface area (Å²) in [6.45, 7) is 0.964. The van der Waals surface area contributed by atoms with Crippen LogP contribution >= 0.6 is 22.9 Å². The van der Waals surface area contributed by atoms with Crippen LogP contribution in [0.15, 0.2) is 36.4 Å². The molecule has 1 heterocycles. The summed E-state index contributed by atoms with van der Waals surface area (Å²) in [6, 6.07) is 8.14. The van der Waals surface area contributed by atoms with E-state index in [2.05, 4.69) is 5.32 Å². The van der Waals surface area contributed by atoms with Gasteiger partial charge in [-0.1, -0.05) is 17.7 Å². The van der Waals surface area contributed by atoms with E-state index in [0.717, 1.165) is 11.3 Å². The van der Waals surface area contributed by atoms with E-state index in [4.69, 9.17) is 16.3 Å². The van der Waals surface area contributed by atoms with Gasteiger partial charge in [-0.2, -0.15) is 0 Å². The number of halogens is 2. The predicted octanol–water partition coefficient (Wildman–Crippen LogP) is 4.71. The van der Waals surface area contributed by atoms with Crippen LogP contribution in [-0.2, 0) is 9.53 Å². The molecule has 0 aliphatic heterocycles. The van der Waals surface area contributed by atoms with Gasteiger partial charge in [-0.3, -0.25) is 14.9 Å². The molecule has 3 aromatic rings. The van der Waals surface area contributed by atoms with Crippen molar-refractivity contribution >= 4 is 56.3 Å². The Kier molecular flexibility index (Phi) is 5.57. The second-order valence-corrected chi connectivity index (χ2v) is 7.20. The number of hydrogen-bond donors (Lipinski definition) is 1. The SMILES string of the molecule is Cc1ccc(NC(=O)COC(=O)c2sc3cc(F)ccc3c2Cl)cc1[N+](=O)[O-]. The molecular formula is C18H12ClFN2O5S. The number of amides is 1. The number of carbonyl (C=O) groups is 2. The van der Waals surface area contributed by atoms with Gasteiger partial charge in [0.2, 0.25) is 0 Å². The van der Waals surface area contributed by atoms with Crippen LogP contribution in [0.5, 0.6) is 0 Å². The van der Waals surface area contributed by atoms with Crippen molar-refractivity contribution in [2.24, 2.45) is 0 Å². The first-order valence-corrected chi connectivity index (χ1v) is 9.05. The highest BCUT2D eigenvalue weighted by Gasteiger charge is 2.20. The topological polar surface area (TPSA) is 98.5 Å². The molecule has 0 unspecified atom stereocenters. The molecule has 0 aliphatic rings. The average molecular weight is 423 g/mol. The van der Waals surface area contributed by atoms with Gasteiger partial charge >= 0.3 is 5.97 Å². The summed E-state index contributed by atoms with van der Waals surface area (Å²) in [5.74, 6) is -1.96. The molecule has 1 amide bonds. The second-order valence-electron chi connectivity index (χ2n) is 5.77. The van der Waals surface area contributed by atoms with Crippen molar-refractivity contribution < 1.29 is 23.6 Å². The third-order valence-corrected chi connectivity index (χ3v) is 5.44. The van der Waals surface area contributed by atoms with Crippen LogP contribution in [0, 0.1) is 22.9 Å². The van der Waals surface area contributed by atoms with Crippen molar-refractivity contribution in [3.05, 3.63) is 67.8 Å². The fraction of sp³-hybridized carbons (Fsp3) is 0.111. The first-order valence-electron chi connectivity index (χ1n) is 7.86. The number of thiophene rings is 1. The lowest BCUT2D eigenvalue weighted by Gasteiger charge is -2.07. The molecule has 0 radical (unpaired) electrons. The minimum absolute atomic E-state index is 0.0565. The lowest BCUT2D eigenvalue weighted by atomic mass is 10.2. The fourth-order valence-electron chi connectivity index (χ4n) is 2.45. The summed E-state index contributed by atoms with van der Waals surface area (Å²) < 4.78 is 18.7. The fourth-order valence-corrected chi connectivity index (χ4v) is 3.87. The molecule has 1 N–H and O–H groups in total. The molecule has 0 saturated heterocycles. The van der Waals surface area contributed by atoms with E-state index < -0.39 is 29.2 Å². The number of nitro groups is 1. The maximum atomic E-state index is 13.3. The molecule has 28 heavy (non-hydrogen) atoms. The third-order valence-electron chi connectivity index (χ3n) is 3.80. The molecule has 0 fully saturated rings. The van der Waals surface area contributed by atoms with Crippen molar-refractivity contribution in [2.45, 2.75) is 6.92 Å². The Morgan fingerprint density at radius 3 is 2.75 bits per heavy atom. The molecule has 1 aromatic heterocycles. The van der Waals surface area contributed by atoms with Crippen LogP contribution in [0.25, 0.3) is 10.1 Å². The summed E-state index contributed by atoms with van der Waals surface area (Å²) in [5.41, 5.74) is 0.512. The molecule has 10 heteroatoms. The Labute approximate surface area is 166 Å². The normalized spacial score (nSPS) is 10.7. The van der Waals surface area contributed by atoms with Gasteiger partial charge in [0.05, 0.1) is 9.95 Å². The number of nitrogens with one attached hydrogen (secondary N) is 1. The largest absolute Gasteiger partial charge is 0.451 e. The molecule has 0 saturated carbocycles. The number of aryl methyl sites for hydroxylation is 1. The van der Waals surface area contributed by atoms with Gasteiger partial charge in [0.25, 0.3) is 11.6 Å². The molecule has 0 atom stereocenters. The maximum Gasteiger partial charge on any atom is 0.350 e. The minimum Gasteiger partial charge on any atom is -0.451 e. The Morgan fingerprint density at radius 2 is 2.04 bits per heavy atom. The zero-order valence-electron chi connectivity index (χ0n) is 14.3. The quantitative estimate of drug-likeness (QED) is 0.365. The molecule has 0 spiro atoms. The number of fused-ring (bicyclic) bond motifs is 1. The van der Waals surface area contributed by atoms with Crippen LogP contribution in [0.4, 0.5) is 15.8 Å². The second kappa shape index (κ2) is 7.91. The first kappa shape index (κ1) is 19.7. The summed E-state index contributed by atoms with van der Waals surface area (Å²) in [7, 11) is 0. The summed E-state index contributed by atoms with van der Waals surface area (Å²) >= 11 is 7.09. The Morgan fingerprint density at radius 1 is 1.29 bits per heavy atom. The number of anilines is 1. The summed E-state index contributed by atoms with van der Waals surface area (Å²) in [5, 5.41) is 14.0. The average Bonchev–Trinajstić information content (AvgIpc) is 2.97. The summed E-state index contributed by atoms with van der Waals surface area (Å²) in [6.07, 6.45) is 0. The predicted molar refractivity (Wildman–Crippen MR) is 104 cm³/mol. The lowest BCUT2D eigenvalue weighted by molar-refractivity contribution is -0.385. The van der Waals surface area contributed by atoms with Crippen molar-refractivity contribution in [1.29, 1.82) is 0 Å². The Hall–Kier alpha value is -3.04. The number of ether oxygens (including phenoxy) is 1. The van der Waals surface area contributed by atoms with Crippen LogP contribution in [-0.4, -0.2) is 23.4 Å². The minimum atomic E-state index is -0.823. The van der Waals surface area contributed by atoms with Crippen molar-refractivity contribution in [3.63, 3.8) is 0 Å². The smallest absolute Gasteiger partial charge is 0.350 e. The highest BCUT2D eigenvalue weighted by atomic mass is 35.5. The molecule has 3 rings (SSSR count). The number of esters is 1. The number of nitrogens with zero attached hydrogens (tertiary/aromatic N) is 1. The maximum absolute atomic E-state index is 13.3. The molecular weight excluding hydrogens is 411 g/mol. The number of benzene rings is 2. The van der Waals surface area contributed by atoms with Gasteiger partial charge in [0, 0.05) is 27.4 Å². The standard InChI is InChI=1S/C18H12ClFN2O5S/c1-9-2-4-11(7-13(9)22(25)26)21-15(23)8-27-18(24)17-16(19)12-5-3-10(20)6-14(12)28-17/h2-7H,8H2,1H3,(H,21,23). The van der Waals surface area contributed by atoms with Crippen LogP contribution in [0.3, 0.4) is 0 Å². The van der Waals surface area contributed by atoms with E-state index >= 15 is 0 Å². The zero-order valence-corrected chi connectivity index (χ0v) is 15.9. The molecule has 0 bridgehead atoms. The number of hydrogen-bond acceptors (Lipinski definition) is 6. The van der Waals surface area contributed by atoms with Gasteiger partial charge in [-0.05, 0) is 31.2 Å². The van der Waals surface area contributed by atoms with E-state index in [0.29, 0.717) is 15.6 Å². The van der Waals surface area contributed by atoms with Gasteiger partial charge in [0.15, 0.2) is 6.61 Å². The van der Waals surface area contributed by atoms with E-state index in [1.54, 1.807) is 6.92 Å². The lowest BCUT2D eigenvalue weighted by Crippen LogP contribution is -2.20. The highest BCUT2D eigenvalue weighted by molar-refractivity contribution is 7.21. The molecule has 0 aliphatic carbocycles. The van der Waals surface area contributed by atoms with Gasteiger partial charge < -0.3 is 10.1 Å². The van der Waals surface area contributed by atoms with Gasteiger partial charge in [0.1, 0.15) is 10.7 Å². The van der Waals surface area contributed by atoms with Crippen molar-refractivity contribution in [3.8, 4) is 0 Å². The molecule has 144 valence electrons. The highest BCUT2D eigenvalue weighted by Crippen LogP contribution is 2.36. The Bertz CT molecular complexity index is 1110. The molecule has 7 nitrogen and oxygen atoms in total.